The van der Waals surface area contributed by atoms with Crippen molar-refractivity contribution in [3.63, 3.8) is 0 Å². The Morgan fingerprint density at radius 1 is 1.04 bits per heavy atom. The fourth-order valence-corrected chi connectivity index (χ4v) is 2.30. The number of guanidine groups is 1. The number of rotatable bonds is 8. The Balaban J connectivity index is 0.00000392. The molecule has 0 saturated heterocycles. The molecule has 0 bridgehead atoms. The van der Waals surface area contributed by atoms with Crippen molar-refractivity contribution in [2.75, 3.05) is 19.0 Å². The highest BCUT2D eigenvalue weighted by atomic mass is 127. The van der Waals surface area contributed by atoms with Crippen LogP contribution in [0, 0.1) is 0 Å². The molecule has 0 radical (unpaired) electrons. The van der Waals surface area contributed by atoms with Gasteiger partial charge < -0.3 is 20.5 Å². The molecule has 0 aliphatic rings. The number of ether oxygens (including phenoxy) is 2. The summed E-state index contributed by atoms with van der Waals surface area (Å²) < 4.78 is 45.9. The van der Waals surface area contributed by atoms with E-state index in [1.807, 2.05) is 24.3 Å². The monoisotopic (exact) mass is 509 g/mol. The first kappa shape index (κ1) is 24.2. The summed E-state index contributed by atoms with van der Waals surface area (Å²) in [5, 5.41) is 3.04. The number of hydrogen-bond donors (Lipinski definition) is 2. The lowest BCUT2D eigenvalue weighted by atomic mass is 10.1. The zero-order valence-corrected chi connectivity index (χ0v) is 17.7. The quantitative estimate of drug-likeness (QED) is 0.314. The van der Waals surface area contributed by atoms with Crippen LogP contribution in [-0.2, 0) is 29.2 Å². The molecule has 0 fully saturated rings. The second-order valence-corrected chi connectivity index (χ2v) is 5.84. The van der Waals surface area contributed by atoms with E-state index >= 15 is 0 Å². The zero-order valence-electron chi connectivity index (χ0n) is 15.3. The van der Waals surface area contributed by atoms with Crippen molar-refractivity contribution in [1.82, 2.24) is 0 Å². The maximum Gasteiger partial charge on any atom is 0.411 e. The van der Waals surface area contributed by atoms with E-state index in [0.717, 1.165) is 16.8 Å². The third-order valence-corrected chi connectivity index (χ3v) is 3.57. The van der Waals surface area contributed by atoms with Crippen molar-refractivity contribution in [3.05, 3.63) is 65.2 Å². The molecular formula is C19H23F3IN3O2. The standard InChI is InChI=1S/C19H22F3N3O2.HI/c1-26-12-16-4-2-3-5-17(16)25-18(23)24-10-14-6-8-15(9-7-14)11-27-13-19(20,21)22;/h2-9H,10-13H2,1H3,(H3,23,24,25);1H. The first-order chi connectivity index (χ1) is 12.9. The fraction of sp³-hybridized carbons (Fsp3) is 0.316. The predicted octanol–water partition coefficient (Wildman–Crippen LogP) is 4.46. The molecule has 2 rings (SSSR count). The van der Waals surface area contributed by atoms with E-state index in [2.05, 4.69) is 15.0 Å². The van der Waals surface area contributed by atoms with Gasteiger partial charge in [0.25, 0.3) is 0 Å². The molecule has 5 nitrogen and oxygen atoms in total. The Morgan fingerprint density at radius 2 is 1.68 bits per heavy atom. The lowest BCUT2D eigenvalue weighted by Crippen LogP contribution is -2.23. The lowest BCUT2D eigenvalue weighted by molar-refractivity contribution is -0.176. The minimum absolute atomic E-state index is 0. The van der Waals surface area contributed by atoms with Gasteiger partial charge in [-0.25, -0.2) is 4.99 Å². The molecule has 0 aromatic heterocycles. The van der Waals surface area contributed by atoms with Gasteiger partial charge in [-0.2, -0.15) is 13.2 Å². The van der Waals surface area contributed by atoms with E-state index < -0.39 is 12.8 Å². The second kappa shape index (κ2) is 11.9. The van der Waals surface area contributed by atoms with E-state index in [9.17, 15) is 13.2 Å². The Kier molecular flexibility index (Phi) is 10.3. The Hall–Kier alpha value is -1.85. The Morgan fingerprint density at radius 3 is 2.32 bits per heavy atom. The van der Waals surface area contributed by atoms with Gasteiger partial charge in [0.2, 0.25) is 0 Å². The van der Waals surface area contributed by atoms with E-state index in [1.165, 1.54) is 0 Å². The summed E-state index contributed by atoms with van der Waals surface area (Å²) in [4.78, 5) is 4.28. The number of hydrogen-bond acceptors (Lipinski definition) is 3. The van der Waals surface area contributed by atoms with Crippen LogP contribution < -0.4 is 11.1 Å². The molecule has 0 amide bonds. The van der Waals surface area contributed by atoms with E-state index in [-0.39, 0.29) is 36.5 Å². The van der Waals surface area contributed by atoms with Crippen LogP contribution in [0.25, 0.3) is 0 Å². The molecule has 0 saturated carbocycles. The van der Waals surface area contributed by atoms with E-state index in [0.29, 0.717) is 18.7 Å². The fourth-order valence-electron chi connectivity index (χ4n) is 2.30. The Bertz CT molecular complexity index is 753. The number of methoxy groups -OCH3 is 1. The number of nitrogens with two attached hydrogens (primary N) is 1. The third kappa shape index (κ3) is 8.89. The topological polar surface area (TPSA) is 68.9 Å². The van der Waals surface area contributed by atoms with Gasteiger partial charge in [-0.3, -0.25) is 0 Å². The van der Waals surface area contributed by atoms with Gasteiger partial charge >= 0.3 is 6.18 Å². The zero-order chi connectivity index (χ0) is 19.7. The molecule has 3 N–H and O–H groups in total. The number of nitrogens with one attached hydrogen (secondary N) is 1. The number of nitrogens with zero attached hydrogens (tertiary/aromatic N) is 1. The largest absolute Gasteiger partial charge is 0.411 e. The van der Waals surface area contributed by atoms with Crippen molar-refractivity contribution in [2.24, 2.45) is 10.7 Å². The normalized spacial score (nSPS) is 11.8. The van der Waals surface area contributed by atoms with Crippen molar-refractivity contribution >= 4 is 35.6 Å². The molecular weight excluding hydrogens is 486 g/mol. The summed E-state index contributed by atoms with van der Waals surface area (Å²) in [6, 6.07) is 14.6. The van der Waals surface area contributed by atoms with Crippen molar-refractivity contribution in [1.29, 1.82) is 0 Å². The highest BCUT2D eigenvalue weighted by Gasteiger charge is 2.27. The number of anilines is 1. The number of para-hydroxylation sites is 1. The number of aliphatic imine (C=N–C) groups is 1. The maximum absolute atomic E-state index is 12.1. The number of benzene rings is 2. The summed E-state index contributed by atoms with van der Waals surface area (Å²) in [5.74, 6) is 0.260. The first-order valence-corrected chi connectivity index (χ1v) is 8.23. The maximum atomic E-state index is 12.1. The van der Waals surface area contributed by atoms with Crippen molar-refractivity contribution < 1.29 is 22.6 Å². The first-order valence-electron chi connectivity index (χ1n) is 8.23. The van der Waals surface area contributed by atoms with Crippen LogP contribution in [0.5, 0.6) is 0 Å². The molecule has 0 aliphatic carbocycles. The summed E-state index contributed by atoms with van der Waals surface area (Å²) >= 11 is 0. The summed E-state index contributed by atoms with van der Waals surface area (Å²) in [5.41, 5.74) is 9.24. The minimum atomic E-state index is -4.32. The van der Waals surface area contributed by atoms with Crippen LogP contribution in [0.1, 0.15) is 16.7 Å². The van der Waals surface area contributed by atoms with Gasteiger partial charge in [-0.1, -0.05) is 42.5 Å². The predicted molar refractivity (Wildman–Crippen MR) is 114 cm³/mol. The average Bonchev–Trinajstić information content (AvgIpc) is 2.62. The summed E-state index contributed by atoms with van der Waals surface area (Å²) in [6.45, 7) is -0.557. The van der Waals surface area contributed by atoms with Crippen LogP contribution in [0.4, 0.5) is 18.9 Å². The van der Waals surface area contributed by atoms with Gasteiger partial charge in [-0.05, 0) is 17.2 Å². The summed E-state index contributed by atoms with van der Waals surface area (Å²) in [7, 11) is 1.62. The molecule has 0 unspecified atom stereocenters. The highest BCUT2D eigenvalue weighted by molar-refractivity contribution is 14.0. The second-order valence-electron chi connectivity index (χ2n) is 5.84. The average molecular weight is 509 g/mol. The molecule has 0 heterocycles. The number of halogens is 4. The highest BCUT2D eigenvalue weighted by Crippen LogP contribution is 2.17. The van der Waals surface area contributed by atoms with Crippen LogP contribution in [-0.4, -0.2) is 25.9 Å². The number of alkyl halides is 3. The van der Waals surface area contributed by atoms with Gasteiger partial charge in [0.15, 0.2) is 5.96 Å². The minimum Gasteiger partial charge on any atom is -0.380 e. The molecule has 2 aromatic carbocycles. The summed E-state index contributed by atoms with van der Waals surface area (Å²) in [6.07, 6.45) is -4.32. The van der Waals surface area contributed by atoms with Crippen LogP contribution in [0.15, 0.2) is 53.5 Å². The Labute approximate surface area is 179 Å². The van der Waals surface area contributed by atoms with Gasteiger partial charge in [-0.15, -0.1) is 24.0 Å². The third-order valence-electron chi connectivity index (χ3n) is 3.57. The van der Waals surface area contributed by atoms with Gasteiger partial charge in [0.05, 0.1) is 19.8 Å². The van der Waals surface area contributed by atoms with Gasteiger partial charge in [0.1, 0.15) is 6.61 Å². The van der Waals surface area contributed by atoms with E-state index in [4.69, 9.17) is 10.5 Å². The molecule has 0 spiro atoms. The lowest BCUT2D eigenvalue weighted by Gasteiger charge is -2.11. The molecule has 2 aromatic rings. The van der Waals surface area contributed by atoms with Crippen LogP contribution in [0.2, 0.25) is 0 Å². The smallest absolute Gasteiger partial charge is 0.380 e. The van der Waals surface area contributed by atoms with Crippen LogP contribution in [0.3, 0.4) is 0 Å². The van der Waals surface area contributed by atoms with Crippen LogP contribution >= 0.6 is 24.0 Å². The van der Waals surface area contributed by atoms with Crippen molar-refractivity contribution in [3.8, 4) is 0 Å². The molecule has 28 heavy (non-hydrogen) atoms. The van der Waals surface area contributed by atoms with Gasteiger partial charge in [0, 0.05) is 18.4 Å². The molecule has 9 heteroatoms. The molecule has 154 valence electrons. The van der Waals surface area contributed by atoms with E-state index in [1.54, 1.807) is 31.4 Å². The SMILES string of the molecule is COCc1ccccc1NC(N)=NCc1ccc(COCC(F)(F)F)cc1.I. The molecule has 0 aliphatic heterocycles. The molecule has 0 atom stereocenters. The van der Waals surface area contributed by atoms with Crippen molar-refractivity contribution in [2.45, 2.75) is 25.9 Å².